The summed E-state index contributed by atoms with van der Waals surface area (Å²) in [5, 5.41) is 6.79. The second-order valence-electron chi connectivity index (χ2n) is 3.44. The van der Waals surface area contributed by atoms with Crippen molar-refractivity contribution in [3.8, 4) is 0 Å². The van der Waals surface area contributed by atoms with Crippen LogP contribution >= 0.6 is 11.6 Å². The van der Waals surface area contributed by atoms with E-state index in [0.717, 1.165) is 0 Å². The second kappa shape index (κ2) is 7.45. The van der Waals surface area contributed by atoms with Crippen LogP contribution in [0.2, 0.25) is 5.02 Å². The molecule has 0 saturated carbocycles. The normalized spacial score (nSPS) is 10.3. The van der Waals surface area contributed by atoms with Crippen molar-refractivity contribution < 1.29 is 9.59 Å². The first-order chi connectivity index (χ1) is 8.63. The van der Waals surface area contributed by atoms with Gasteiger partial charge in [-0.3, -0.25) is 9.59 Å². The highest BCUT2D eigenvalue weighted by Gasteiger charge is 2.05. The number of carbonyl (C=O) groups excluding carboxylic acids is 2. The molecule has 1 rings (SSSR count). The largest absolute Gasteiger partial charge is 0.352 e. The fraction of sp³-hybridized carbons (Fsp3) is 0.250. The van der Waals surface area contributed by atoms with E-state index in [1.165, 1.54) is 6.21 Å². The second-order valence-corrected chi connectivity index (χ2v) is 3.87. The summed E-state index contributed by atoms with van der Waals surface area (Å²) in [5.74, 6) is -0.483. The van der Waals surface area contributed by atoms with Crippen molar-refractivity contribution in [2.75, 3.05) is 6.54 Å². The zero-order chi connectivity index (χ0) is 13.4. The maximum atomic E-state index is 11.6. The lowest BCUT2D eigenvalue weighted by molar-refractivity contribution is -0.120. The van der Waals surface area contributed by atoms with E-state index >= 15 is 0 Å². The first kappa shape index (κ1) is 14.2. The summed E-state index contributed by atoms with van der Waals surface area (Å²) in [4.78, 5) is 22.8. The molecule has 0 unspecified atom stereocenters. The Kier molecular flexibility index (Phi) is 5.87. The number of hydrogen-bond donors (Lipinski definition) is 2. The molecule has 0 aliphatic heterocycles. The van der Waals surface area contributed by atoms with Gasteiger partial charge < -0.3 is 5.32 Å². The minimum atomic E-state index is -0.246. The Morgan fingerprint density at radius 1 is 1.33 bits per heavy atom. The van der Waals surface area contributed by atoms with Crippen molar-refractivity contribution in [3.63, 3.8) is 0 Å². The van der Waals surface area contributed by atoms with E-state index < -0.39 is 0 Å². The van der Waals surface area contributed by atoms with E-state index in [2.05, 4.69) is 15.8 Å². The van der Waals surface area contributed by atoms with Gasteiger partial charge in [-0.05, 0) is 31.2 Å². The van der Waals surface area contributed by atoms with Gasteiger partial charge in [0.25, 0.3) is 5.91 Å². The molecule has 0 aliphatic rings. The van der Waals surface area contributed by atoms with Crippen LogP contribution in [0.15, 0.2) is 29.4 Å². The molecule has 0 bridgehead atoms. The van der Waals surface area contributed by atoms with E-state index in [9.17, 15) is 9.59 Å². The third kappa shape index (κ3) is 4.97. The molecule has 6 heteroatoms. The first-order valence-corrected chi connectivity index (χ1v) is 5.81. The third-order valence-corrected chi connectivity index (χ3v) is 2.31. The molecule has 0 aromatic heterocycles. The summed E-state index contributed by atoms with van der Waals surface area (Å²) >= 11 is 5.71. The highest BCUT2D eigenvalue weighted by molar-refractivity contribution is 6.30. The highest BCUT2D eigenvalue weighted by atomic mass is 35.5. The van der Waals surface area contributed by atoms with E-state index in [1.54, 1.807) is 31.2 Å². The summed E-state index contributed by atoms with van der Waals surface area (Å²) in [5.41, 5.74) is 2.82. The zero-order valence-electron chi connectivity index (χ0n) is 9.94. The van der Waals surface area contributed by atoms with Crippen LogP contribution in [0.5, 0.6) is 0 Å². The van der Waals surface area contributed by atoms with E-state index in [0.29, 0.717) is 10.6 Å². The minimum absolute atomic E-state index is 0.177. The highest BCUT2D eigenvalue weighted by Crippen LogP contribution is 2.09. The maximum Gasteiger partial charge on any atom is 0.251 e. The van der Waals surface area contributed by atoms with Crippen LogP contribution in [0.25, 0.3) is 0 Å². The van der Waals surface area contributed by atoms with Crippen LogP contribution in [-0.4, -0.2) is 24.6 Å². The van der Waals surface area contributed by atoms with Crippen molar-refractivity contribution >= 4 is 29.6 Å². The monoisotopic (exact) mass is 267 g/mol. The lowest BCUT2D eigenvalue weighted by Gasteiger charge is -2.04. The number of nitrogens with one attached hydrogen (secondary N) is 2. The molecule has 2 amide bonds. The molecule has 0 fully saturated rings. The Bertz CT molecular complexity index is 443. The van der Waals surface area contributed by atoms with Gasteiger partial charge in [-0.2, -0.15) is 5.10 Å². The van der Waals surface area contributed by atoms with Gasteiger partial charge in [-0.1, -0.05) is 11.6 Å². The number of hydrogen-bond acceptors (Lipinski definition) is 3. The molecule has 0 spiro atoms. The number of rotatable bonds is 5. The van der Waals surface area contributed by atoms with E-state index in [-0.39, 0.29) is 24.8 Å². The lowest BCUT2D eigenvalue weighted by Crippen LogP contribution is -2.28. The number of halogens is 1. The quantitative estimate of drug-likeness (QED) is 0.628. The smallest absolute Gasteiger partial charge is 0.251 e. The molecule has 0 saturated heterocycles. The number of carbonyl (C=O) groups is 2. The van der Waals surface area contributed by atoms with Crippen LogP contribution < -0.4 is 10.7 Å². The van der Waals surface area contributed by atoms with Crippen LogP contribution in [-0.2, 0) is 4.79 Å². The Morgan fingerprint density at radius 3 is 2.61 bits per heavy atom. The van der Waals surface area contributed by atoms with Gasteiger partial charge in [-0.25, -0.2) is 5.43 Å². The third-order valence-electron chi connectivity index (χ3n) is 2.06. The molecule has 0 atom stereocenters. The topological polar surface area (TPSA) is 70.6 Å². The Morgan fingerprint density at radius 2 is 2.00 bits per heavy atom. The molecular weight excluding hydrogens is 254 g/mol. The van der Waals surface area contributed by atoms with Crippen LogP contribution in [0, 0.1) is 0 Å². The summed E-state index contributed by atoms with van der Waals surface area (Å²) < 4.78 is 0. The predicted octanol–water partition coefficient (Wildman–Crippen LogP) is 1.58. The first-order valence-electron chi connectivity index (χ1n) is 5.43. The Hall–Kier alpha value is -1.88. The average Bonchev–Trinajstić information content (AvgIpc) is 2.37. The van der Waals surface area contributed by atoms with Gasteiger partial charge in [0, 0.05) is 29.8 Å². The van der Waals surface area contributed by atoms with E-state index in [1.807, 2.05) is 0 Å². The molecule has 18 heavy (non-hydrogen) atoms. The number of amides is 2. The number of benzene rings is 1. The summed E-state index contributed by atoms with van der Waals surface area (Å²) in [6.07, 6.45) is 1.65. The minimum Gasteiger partial charge on any atom is -0.352 e. The number of hydrazone groups is 1. The standard InChI is InChI=1S/C12H14ClN3O2/c1-2-15-16-11(17)7-8-14-12(18)9-3-5-10(13)6-4-9/h2-6H,7-8H2,1H3,(H,14,18)(H,16,17)/b15-2+. The molecule has 0 radical (unpaired) electrons. The van der Waals surface area contributed by atoms with Crippen molar-refractivity contribution in [3.05, 3.63) is 34.9 Å². The lowest BCUT2D eigenvalue weighted by atomic mass is 10.2. The number of nitrogens with zero attached hydrogens (tertiary/aromatic N) is 1. The summed E-state index contributed by atoms with van der Waals surface area (Å²) in [6, 6.07) is 6.52. The SMILES string of the molecule is C/C=N/NC(=O)CCNC(=O)c1ccc(Cl)cc1. The molecule has 1 aromatic rings. The molecule has 0 aliphatic carbocycles. The zero-order valence-corrected chi connectivity index (χ0v) is 10.7. The molecular formula is C12H14ClN3O2. The van der Waals surface area contributed by atoms with Crippen LogP contribution in [0.1, 0.15) is 23.7 Å². The maximum absolute atomic E-state index is 11.6. The molecule has 96 valence electrons. The van der Waals surface area contributed by atoms with Gasteiger partial charge in [0.05, 0.1) is 0 Å². The molecule has 1 aromatic carbocycles. The summed E-state index contributed by atoms with van der Waals surface area (Å²) in [7, 11) is 0. The van der Waals surface area contributed by atoms with Crippen molar-refractivity contribution in [1.82, 2.24) is 10.7 Å². The molecule has 2 N–H and O–H groups in total. The van der Waals surface area contributed by atoms with Crippen molar-refractivity contribution in [2.45, 2.75) is 13.3 Å². The Labute approximate surface area is 110 Å². The predicted molar refractivity (Wildman–Crippen MR) is 70.7 cm³/mol. The van der Waals surface area contributed by atoms with Gasteiger partial charge >= 0.3 is 0 Å². The van der Waals surface area contributed by atoms with Crippen molar-refractivity contribution in [2.24, 2.45) is 5.10 Å². The van der Waals surface area contributed by atoms with Gasteiger partial charge in [0.1, 0.15) is 0 Å². The van der Waals surface area contributed by atoms with Gasteiger partial charge in [-0.15, -0.1) is 0 Å². The van der Waals surface area contributed by atoms with Crippen LogP contribution in [0.4, 0.5) is 0 Å². The average molecular weight is 268 g/mol. The van der Waals surface area contributed by atoms with E-state index in [4.69, 9.17) is 11.6 Å². The molecule has 0 heterocycles. The molecule has 5 nitrogen and oxygen atoms in total. The summed E-state index contributed by atoms with van der Waals surface area (Å²) in [6.45, 7) is 1.95. The van der Waals surface area contributed by atoms with Crippen LogP contribution in [0.3, 0.4) is 0 Å². The Balaban J connectivity index is 2.33. The van der Waals surface area contributed by atoms with Gasteiger partial charge in [0.15, 0.2) is 0 Å². The van der Waals surface area contributed by atoms with Gasteiger partial charge in [0.2, 0.25) is 5.91 Å². The fourth-order valence-electron chi connectivity index (χ4n) is 1.19. The van der Waals surface area contributed by atoms with Crippen molar-refractivity contribution in [1.29, 1.82) is 0 Å². The fourth-order valence-corrected chi connectivity index (χ4v) is 1.31.